The number of aromatic nitrogens is 3. The first kappa shape index (κ1) is 17.7. The molecule has 0 unspecified atom stereocenters. The second kappa shape index (κ2) is 7.00. The number of aromatic amines is 1. The summed E-state index contributed by atoms with van der Waals surface area (Å²) in [5, 5.41) is 11.2. The molecule has 134 valence electrons. The maximum absolute atomic E-state index is 12.3. The first-order valence-electron chi connectivity index (χ1n) is 8.36. The van der Waals surface area contributed by atoms with Gasteiger partial charge < -0.3 is 10.1 Å². The number of nitrogens with zero attached hydrogens (tertiary/aromatic N) is 2. The van der Waals surface area contributed by atoms with Crippen LogP contribution < -0.4 is 15.6 Å². The highest BCUT2D eigenvalue weighted by molar-refractivity contribution is 5.60. The van der Waals surface area contributed by atoms with Crippen LogP contribution in [0.2, 0.25) is 0 Å². The van der Waals surface area contributed by atoms with E-state index in [1.165, 1.54) is 5.56 Å². The van der Waals surface area contributed by atoms with Crippen LogP contribution in [-0.2, 0) is 5.41 Å². The van der Waals surface area contributed by atoms with Gasteiger partial charge in [0, 0.05) is 11.3 Å². The first-order valence-corrected chi connectivity index (χ1v) is 8.36. The van der Waals surface area contributed by atoms with Crippen molar-refractivity contribution in [3.8, 4) is 17.0 Å². The molecule has 0 fully saturated rings. The number of hydrogen-bond donors (Lipinski definition) is 2. The van der Waals surface area contributed by atoms with Crippen molar-refractivity contribution in [3.63, 3.8) is 0 Å². The largest absolute Gasteiger partial charge is 0.497 e. The zero-order chi connectivity index (χ0) is 18.7. The molecule has 0 aliphatic heterocycles. The lowest BCUT2D eigenvalue weighted by Gasteiger charge is -2.19. The predicted molar refractivity (Wildman–Crippen MR) is 103 cm³/mol. The Morgan fingerprint density at radius 2 is 1.62 bits per heavy atom. The number of hydrogen-bond acceptors (Lipinski definition) is 5. The van der Waals surface area contributed by atoms with Gasteiger partial charge in [0.25, 0.3) is 5.56 Å². The third-order valence-corrected chi connectivity index (χ3v) is 4.07. The SMILES string of the molecule is COc1ccc(-c2nnc(Nc3ccc(C(C)(C)C)cc3)[nH]c2=O)cc1. The van der Waals surface area contributed by atoms with Crippen molar-refractivity contribution in [3.05, 3.63) is 64.4 Å². The van der Waals surface area contributed by atoms with Gasteiger partial charge in [0.15, 0.2) is 5.69 Å². The van der Waals surface area contributed by atoms with Crippen molar-refractivity contribution >= 4 is 11.6 Å². The van der Waals surface area contributed by atoms with Crippen LogP contribution in [0.25, 0.3) is 11.3 Å². The number of nitrogens with one attached hydrogen (secondary N) is 2. The second-order valence-electron chi connectivity index (χ2n) is 7.03. The Labute approximate surface area is 152 Å². The van der Waals surface area contributed by atoms with Gasteiger partial charge in [0.1, 0.15) is 5.75 Å². The molecule has 2 N–H and O–H groups in total. The molecule has 26 heavy (non-hydrogen) atoms. The summed E-state index contributed by atoms with van der Waals surface area (Å²) in [5.41, 5.74) is 2.80. The molecule has 0 bridgehead atoms. The second-order valence-corrected chi connectivity index (χ2v) is 7.03. The van der Waals surface area contributed by atoms with E-state index in [0.717, 1.165) is 11.4 Å². The highest BCUT2D eigenvalue weighted by Gasteiger charge is 2.13. The molecule has 0 atom stereocenters. The van der Waals surface area contributed by atoms with Crippen molar-refractivity contribution in [1.29, 1.82) is 0 Å². The lowest BCUT2D eigenvalue weighted by Crippen LogP contribution is -2.15. The quantitative estimate of drug-likeness (QED) is 0.746. The van der Waals surface area contributed by atoms with Crippen LogP contribution in [0.4, 0.5) is 11.6 Å². The van der Waals surface area contributed by atoms with Crippen LogP contribution >= 0.6 is 0 Å². The van der Waals surface area contributed by atoms with Crippen molar-refractivity contribution < 1.29 is 4.74 Å². The molecule has 3 aromatic rings. The standard InChI is InChI=1S/C20H22N4O2/c1-20(2,3)14-7-9-15(10-8-14)21-19-22-18(25)17(23-24-19)13-5-11-16(26-4)12-6-13/h5-12H,1-4H3,(H2,21,22,24,25). The molecule has 3 rings (SSSR count). The summed E-state index contributed by atoms with van der Waals surface area (Å²) in [6.07, 6.45) is 0. The predicted octanol–water partition coefficient (Wildman–Crippen LogP) is 3.88. The summed E-state index contributed by atoms with van der Waals surface area (Å²) in [6, 6.07) is 15.1. The summed E-state index contributed by atoms with van der Waals surface area (Å²) >= 11 is 0. The zero-order valence-corrected chi connectivity index (χ0v) is 15.3. The Hall–Kier alpha value is -3.15. The molecule has 1 heterocycles. The Bertz CT molecular complexity index is 939. The van der Waals surface area contributed by atoms with E-state index >= 15 is 0 Å². The van der Waals surface area contributed by atoms with Gasteiger partial charge in [-0.15, -0.1) is 10.2 Å². The van der Waals surface area contributed by atoms with E-state index in [9.17, 15) is 4.79 Å². The summed E-state index contributed by atoms with van der Waals surface area (Å²) in [5.74, 6) is 1.02. The van der Waals surface area contributed by atoms with Crippen molar-refractivity contribution in [2.45, 2.75) is 26.2 Å². The van der Waals surface area contributed by atoms with E-state index in [0.29, 0.717) is 11.5 Å². The Kier molecular flexibility index (Phi) is 4.75. The van der Waals surface area contributed by atoms with Crippen molar-refractivity contribution in [2.75, 3.05) is 12.4 Å². The highest BCUT2D eigenvalue weighted by Crippen LogP contribution is 2.24. The van der Waals surface area contributed by atoms with Gasteiger partial charge in [-0.2, -0.15) is 0 Å². The molecule has 0 aliphatic carbocycles. The maximum atomic E-state index is 12.3. The third kappa shape index (κ3) is 3.91. The highest BCUT2D eigenvalue weighted by atomic mass is 16.5. The smallest absolute Gasteiger partial charge is 0.279 e. The third-order valence-electron chi connectivity index (χ3n) is 4.07. The van der Waals surface area contributed by atoms with Crippen LogP contribution in [0.15, 0.2) is 53.3 Å². The van der Waals surface area contributed by atoms with Crippen LogP contribution in [0.1, 0.15) is 26.3 Å². The van der Waals surface area contributed by atoms with Crippen LogP contribution in [0, 0.1) is 0 Å². The molecule has 6 nitrogen and oxygen atoms in total. The van der Waals surface area contributed by atoms with E-state index in [1.54, 1.807) is 31.4 Å². The molecular weight excluding hydrogens is 328 g/mol. The average molecular weight is 350 g/mol. The number of H-pyrrole nitrogens is 1. The fourth-order valence-electron chi connectivity index (χ4n) is 2.52. The van der Waals surface area contributed by atoms with Crippen molar-refractivity contribution in [1.82, 2.24) is 15.2 Å². The minimum Gasteiger partial charge on any atom is -0.497 e. The normalized spacial score (nSPS) is 11.2. The monoisotopic (exact) mass is 350 g/mol. The van der Waals surface area contributed by atoms with Crippen molar-refractivity contribution in [2.24, 2.45) is 0 Å². The molecule has 6 heteroatoms. The van der Waals surface area contributed by atoms with Crippen LogP contribution in [-0.4, -0.2) is 22.3 Å². The fraction of sp³-hybridized carbons (Fsp3) is 0.250. The topological polar surface area (TPSA) is 79.9 Å². The van der Waals surface area contributed by atoms with Gasteiger partial charge in [-0.1, -0.05) is 32.9 Å². The van der Waals surface area contributed by atoms with E-state index < -0.39 is 0 Å². The molecule has 0 radical (unpaired) electrons. The van der Waals surface area contributed by atoms with Gasteiger partial charge >= 0.3 is 0 Å². The van der Waals surface area contributed by atoms with Gasteiger partial charge in [0.05, 0.1) is 7.11 Å². The van der Waals surface area contributed by atoms with Crippen LogP contribution in [0.5, 0.6) is 5.75 Å². The molecule has 0 amide bonds. The Morgan fingerprint density at radius 1 is 0.962 bits per heavy atom. The molecule has 0 spiro atoms. The minimum absolute atomic E-state index is 0.0899. The zero-order valence-electron chi connectivity index (χ0n) is 15.3. The molecule has 0 aliphatic rings. The Balaban J connectivity index is 1.80. The van der Waals surface area contributed by atoms with E-state index in [-0.39, 0.29) is 16.7 Å². The molecule has 0 saturated carbocycles. The molecular formula is C20H22N4O2. The number of methoxy groups -OCH3 is 1. The number of benzene rings is 2. The lowest BCUT2D eigenvalue weighted by atomic mass is 9.87. The number of rotatable bonds is 4. The summed E-state index contributed by atoms with van der Waals surface area (Å²) in [6.45, 7) is 6.49. The number of anilines is 2. The van der Waals surface area contributed by atoms with Crippen LogP contribution in [0.3, 0.4) is 0 Å². The summed E-state index contributed by atoms with van der Waals surface area (Å²) in [4.78, 5) is 15.1. The summed E-state index contributed by atoms with van der Waals surface area (Å²) < 4.78 is 5.12. The molecule has 0 saturated heterocycles. The van der Waals surface area contributed by atoms with E-state index in [2.05, 4.69) is 53.4 Å². The maximum Gasteiger partial charge on any atom is 0.279 e. The first-order chi connectivity index (χ1) is 12.4. The van der Waals surface area contributed by atoms with E-state index in [1.807, 2.05) is 12.1 Å². The van der Waals surface area contributed by atoms with E-state index in [4.69, 9.17) is 4.74 Å². The van der Waals surface area contributed by atoms with Gasteiger partial charge in [0.2, 0.25) is 5.95 Å². The molecule has 1 aromatic heterocycles. The summed E-state index contributed by atoms with van der Waals surface area (Å²) in [7, 11) is 1.59. The Morgan fingerprint density at radius 3 is 2.15 bits per heavy atom. The van der Waals surface area contributed by atoms with Gasteiger partial charge in [-0.25, -0.2) is 0 Å². The number of ether oxygens (including phenoxy) is 1. The lowest BCUT2D eigenvalue weighted by molar-refractivity contribution is 0.415. The van der Waals surface area contributed by atoms with Gasteiger partial charge in [-0.3, -0.25) is 9.78 Å². The average Bonchev–Trinajstić information content (AvgIpc) is 2.62. The molecule has 2 aromatic carbocycles. The fourth-order valence-corrected chi connectivity index (χ4v) is 2.52. The minimum atomic E-state index is -0.307. The van der Waals surface area contributed by atoms with Gasteiger partial charge in [-0.05, 0) is 47.4 Å².